The SMILES string of the molecule is COC(c1ccc(Cl)cc1)C(C)NC(=O)C1CC2CCCCC2N1. The first-order chi connectivity index (χ1) is 11.6. The van der Waals surface area contributed by atoms with Crippen molar-refractivity contribution < 1.29 is 9.53 Å². The number of carbonyl (C=O) groups excluding carboxylic acids is 1. The maximum absolute atomic E-state index is 12.7. The van der Waals surface area contributed by atoms with E-state index in [0.717, 1.165) is 12.0 Å². The maximum atomic E-state index is 12.7. The van der Waals surface area contributed by atoms with Crippen molar-refractivity contribution in [1.82, 2.24) is 10.6 Å². The molecule has 5 heteroatoms. The summed E-state index contributed by atoms with van der Waals surface area (Å²) in [4.78, 5) is 12.7. The number of methoxy groups -OCH3 is 1. The van der Waals surface area contributed by atoms with Crippen molar-refractivity contribution in [1.29, 1.82) is 0 Å². The number of carbonyl (C=O) groups is 1. The maximum Gasteiger partial charge on any atom is 0.237 e. The van der Waals surface area contributed by atoms with Gasteiger partial charge in [-0.2, -0.15) is 0 Å². The summed E-state index contributed by atoms with van der Waals surface area (Å²) in [6, 6.07) is 7.94. The Morgan fingerprint density at radius 2 is 2.00 bits per heavy atom. The average Bonchev–Trinajstić information content (AvgIpc) is 3.01. The third-order valence-corrected chi connectivity index (χ3v) is 5.71. The van der Waals surface area contributed by atoms with E-state index in [-0.39, 0.29) is 24.1 Å². The Bertz CT molecular complexity index is 549. The van der Waals surface area contributed by atoms with Gasteiger partial charge < -0.3 is 15.4 Å². The molecule has 0 spiro atoms. The molecule has 1 aromatic rings. The Kier molecular flexibility index (Phi) is 5.80. The topological polar surface area (TPSA) is 50.4 Å². The van der Waals surface area contributed by atoms with Gasteiger partial charge in [0, 0.05) is 18.2 Å². The lowest BCUT2D eigenvalue weighted by Crippen LogP contribution is -2.47. The lowest BCUT2D eigenvalue weighted by Gasteiger charge is -2.26. The van der Waals surface area contributed by atoms with E-state index in [4.69, 9.17) is 16.3 Å². The van der Waals surface area contributed by atoms with Gasteiger partial charge in [0.2, 0.25) is 5.91 Å². The Hall–Kier alpha value is -1.10. The van der Waals surface area contributed by atoms with Crippen molar-refractivity contribution in [2.45, 2.75) is 63.3 Å². The van der Waals surface area contributed by atoms with Gasteiger partial charge in [-0.3, -0.25) is 4.79 Å². The molecular weight excluding hydrogens is 324 g/mol. The third-order valence-electron chi connectivity index (χ3n) is 5.46. The van der Waals surface area contributed by atoms with Crippen LogP contribution in [-0.4, -0.2) is 31.1 Å². The Labute approximate surface area is 149 Å². The second-order valence-electron chi connectivity index (χ2n) is 7.11. The molecule has 2 aliphatic rings. The molecule has 1 saturated heterocycles. The molecule has 0 aromatic heterocycles. The second-order valence-corrected chi connectivity index (χ2v) is 7.55. The zero-order chi connectivity index (χ0) is 17.1. The fourth-order valence-electron chi connectivity index (χ4n) is 4.20. The molecule has 5 unspecified atom stereocenters. The molecule has 132 valence electrons. The normalized spacial score (nSPS) is 28.9. The molecule has 2 N–H and O–H groups in total. The van der Waals surface area contributed by atoms with E-state index in [2.05, 4.69) is 10.6 Å². The van der Waals surface area contributed by atoms with Crippen LogP contribution in [0.3, 0.4) is 0 Å². The minimum Gasteiger partial charge on any atom is -0.375 e. The summed E-state index contributed by atoms with van der Waals surface area (Å²) in [5.41, 5.74) is 1.02. The van der Waals surface area contributed by atoms with Gasteiger partial charge in [0.15, 0.2) is 0 Å². The van der Waals surface area contributed by atoms with Gasteiger partial charge in [-0.1, -0.05) is 36.6 Å². The van der Waals surface area contributed by atoms with E-state index < -0.39 is 0 Å². The van der Waals surface area contributed by atoms with Crippen LogP contribution in [-0.2, 0) is 9.53 Å². The number of amides is 1. The van der Waals surface area contributed by atoms with Crippen LogP contribution < -0.4 is 10.6 Å². The highest BCUT2D eigenvalue weighted by Gasteiger charge is 2.38. The van der Waals surface area contributed by atoms with Crippen LogP contribution in [0.15, 0.2) is 24.3 Å². The third kappa shape index (κ3) is 3.93. The molecule has 1 saturated carbocycles. The highest BCUT2D eigenvalue weighted by molar-refractivity contribution is 6.30. The van der Waals surface area contributed by atoms with E-state index in [1.807, 2.05) is 31.2 Å². The number of ether oxygens (including phenoxy) is 1. The molecule has 1 aliphatic carbocycles. The quantitative estimate of drug-likeness (QED) is 0.855. The van der Waals surface area contributed by atoms with Crippen LogP contribution in [0.4, 0.5) is 0 Å². The van der Waals surface area contributed by atoms with Crippen LogP contribution in [0.2, 0.25) is 5.02 Å². The molecule has 24 heavy (non-hydrogen) atoms. The molecule has 3 rings (SSSR count). The molecule has 0 radical (unpaired) electrons. The van der Waals surface area contributed by atoms with E-state index in [1.54, 1.807) is 7.11 Å². The van der Waals surface area contributed by atoms with Crippen molar-refractivity contribution in [3.05, 3.63) is 34.9 Å². The number of hydrogen-bond donors (Lipinski definition) is 2. The summed E-state index contributed by atoms with van der Waals surface area (Å²) in [5.74, 6) is 0.757. The van der Waals surface area contributed by atoms with Gasteiger partial charge in [-0.25, -0.2) is 0 Å². The number of halogens is 1. The van der Waals surface area contributed by atoms with Gasteiger partial charge >= 0.3 is 0 Å². The number of nitrogens with one attached hydrogen (secondary N) is 2. The van der Waals surface area contributed by atoms with Crippen molar-refractivity contribution in [2.75, 3.05) is 7.11 Å². The Morgan fingerprint density at radius 1 is 1.29 bits per heavy atom. The van der Waals surface area contributed by atoms with E-state index in [0.29, 0.717) is 17.0 Å². The first-order valence-corrected chi connectivity index (χ1v) is 9.31. The molecule has 2 fully saturated rings. The molecule has 4 nitrogen and oxygen atoms in total. The predicted molar refractivity (Wildman–Crippen MR) is 96.1 cm³/mol. The van der Waals surface area contributed by atoms with E-state index in [1.165, 1.54) is 25.7 Å². The van der Waals surface area contributed by atoms with Crippen LogP contribution in [0, 0.1) is 5.92 Å². The number of rotatable bonds is 5. The summed E-state index contributed by atoms with van der Waals surface area (Å²) in [5, 5.41) is 7.37. The fourth-order valence-corrected chi connectivity index (χ4v) is 4.33. The Morgan fingerprint density at radius 3 is 2.67 bits per heavy atom. The van der Waals surface area contributed by atoms with Crippen molar-refractivity contribution in [3.63, 3.8) is 0 Å². The zero-order valence-electron chi connectivity index (χ0n) is 14.4. The van der Waals surface area contributed by atoms with Crippen molar-refractivity contribution >= 4 is 17.5 Å². The highest BCUT2D eigenvalue weighted by Crippen LogP contribution is 2.33. The average molecular weight is 351 g/mol. The molecule has 1 amide bonds. The van der Waals surface area contributed by atoms with Crippen LogP contribution >= 0.6 is 11.6 Å². The van der Waals surface area contributed by atoms with Gasteiger partial charge in [0.25, 0.3) is 0 Å². The fraction of sp³-hybridized carbons (Fsp3) is 0.632. The summed E-state index contributed by atoms with van der Waals surface area (Å²) in [6.07, 6.45) is 5.81. The van der Waals surface area contributed by atoms with E-state index >= 15 is 0 Å². The Balaban J connectivity index is 1.59. The number of hydrogen-bond acceptors (Lipinski definition) is 3. The van der Waals surface area contributed by atoms with Crippen LogP contribution in [0.5, 0.6) is 0 Å². The van der Waals surface area contributed by atoms with Crippen LogP contribution in [0.1, 0.15) is 50.7 Å². The smallest absolute Gasteiger partial charge is 0.237 e. The second kappa shape index (κ2) is 7.85. The summed E-state index contributed by atoms with van der Waals surface area (Å²) in [7, 11) is 1.67. The molecule has 0 bridgehead atoms. The molecular formula is C19H27ClN2O2. The highest BCUT2D eigenvalue weighted by atomic mass is 35.5. The standard InChI is InChI=1S/C19H27ClN2O2/c1-12(18(24-2)13-7-9-15(20)10-8-13)21-19(23)17-11-14-5-3-4-6-16(14)22-17/h7-10,12,14,16-18,22H,3-6,11H2,1-2H3,(H,21,23). The lowest BCUT2D eigenvalue weighted by molar-refractivity contribution is -0.124. The first kappa shape index (κ1) is 17.7. The lowest BCUT2D eigenvalue weighted by atomic mass is 9.85. The number of benzene rings is 1. The summed E-state index contributed by atoms with van der Waals surface area (Å²) in [6.45, 7) is 1.99. The van der Waals surface area contributed by atoms with Gasteiger partial charge in [0.1, 0.15) is 6.10 Å². The monoisotopic (exact) mass is 350 g/mol. The molecule has 1 aromatic carbocycles. The first-order valence-electron chi connectivity index (χ1n) is 8.93. The summed E-state index contributed by atoms with van der Waals surface area (Å²) < 4.78 is 5.62. The minimum absolute atomic E-state index is 0.0664. The molecule has 1 heterocycles. The molecule has 5 atom stereocenters. The predicted octanol–water partition coefficient (Wildman–Crippen LogP) is 3.45. The van der Waals surface area contributed by atoms with Gasteiger partial charge in [-0.05, 0) is 49.8 Å². The van der Waals surface area contributed by atoms with Crippen molar-refractivity contribution in [3.8, 4) is 0 Å². The van der Waals surface area contributed by atoms with Gasteiger partial charge in [0.05, 0.1) is 12.1 Å². The minimum atomic E-state index is -0.185. The zero-order valence-corrected chi connectivity index (χ0v) is 15.2. The van der Waals surface area contributed by atoms with Crippen LogP contribution in [0.25, 0.3) is 0 Å². The summed E-state index contributed by atoms with van der Waals surface area (Å²) >= 11 is 5.95. The van der Waals surface area contributed by atoms with E-state index in [9.17, 15) is 4.79 Å². The van der Waals surface area contributed by atoms with Gasteiger partial charge in [-0.15, -0.1) is 0 Å². The molecule has 1 aliphatic heterocycles. The number of fused-ring (bicyclic) bond motifs is 1. The largest absolute Gasteiger partial charge is 0.375 e. The van der Waals surface area contributed by atoms with Crippen molar-refractivity contribution in [2.24, 2.45) is 5.92 Å².